The summed E-state index contributed by atoms with van der Waals surface area (Å²) in [6.07, 6.45) is 10.7. The lowest BCUT2D eigenvalue weighted by molar-refractivity contribution is 0.0941. The summed E-state index contributed by atoms with van der Waals surface area (Å²) in [6.45, 7) is 1.85. The van der Waals surface area contributed by atoms with E-state index in [4.69, 9.17) is 5.73 Å². The Morgan fingerprint density at radius 1 is 1.05 bits per heavy atom. The van der Waals surface area contributed by atoms with E-state index >= 15 is 0 Å². The van der Waals surface area contributed by atoms with Gasteiger partial charge in [0.1, 0.15) is 5.56 Å². The van der Waals surface area contributed by atoms with Crippen LogP contribution in [-0.4, -0.2) is 34.9 Å². The number of amides is 1. The lowest BCUT2D eigenvalue weighted by Crippen LogP contribution is -2.33. The monoisotopic (exact) mass is 552 g/mol. The maximum Gasteiger partial charge on any atom is 0.264 e. The van der Waals surface area contributed by atoms with Crippen LogP contribution >= 0.6 is 0 Å². The lowest BCUT2D eigenvalue weighted by atomic mass is 9.96. The fraction of sp³-hybridized carbons (Fsp3) is 0.0938. The molecule has 1 atom stereocenters. The molecular formula is C32H24N8O2. The molecule has 0 saturated carbocycles. The number of hydrogen-bond donors (Lipinski definition) is 2. The van der Waals surface area contributed by atoms with Crippen molar-refractivity contribution in [3.63, 3.8) is 0 Å². The molecule has 10 heteroatoms. The Balaban J connectivity index is 1.42. The molecule has 1 aliphatic carbocycles. The number of rotatable bonds is 4. The minimum Gasteiger partial charge on any atom is -0.381 e. The minimum atomic E-state index is -0.594. The number of fused-ring (bicyclic) bond motifs is 1. The van der Waals surface area contributed by atoms with Crippen LogP contribution < -0.4 is 16.6 Å². The number of carbonyl (C=O) groups is 1. The molecule has 6 aromatic rings. The zero-order valence-corrected chi connectivity index (χ0v) is 22.7. The molecule has 0 unspecified atom stereocenters. The highest BCUT2D eigenvalue weighted by molar-refractivity contribution is 6.08. The molecule has 42 heavy (non-hydrogen) atoms. The largest absolute Gasteiger partial charge is 0.381 e. The molecule has 0 bridgehead atoms. The molecule has 7 rings (SSSR count). The molecule has 0 saturated heterocycles. The Hall–Kier alpha value is -5.95. The first-order valence-electron chi connectivity index (χ1n) is 13.3. The van der Waals surface area contributed by atoms with Crippen LogP contribution in [0.4, 0.5) is 5.82 Å². The highest BCUT2D eigenvalue weighted by Gasteiger charge is 2.28. The summed E-state index contributed by atoms with van der Waals surface area (Å²) < 4.78 is 4.81. The van der Waals surface area contributed by atoms with Crippen LogP contribution in [0.2, 0.25) is 0 Å². The second-order valence-electron chi connectivity index (χ2n) is 10.1. The fourth-order valence-corrected chi connectivity index (χ4v) is 5.53. The Morgan fingerprint density at radius 2 is 1.88 bits per heavy atom. The number of nitrogens with two attached hydrogens (primary N) is 1. The van der Waals surface area contributed by atoms with Crippen LogP contribution in [0.3, 0.4) is 0 Å². The van der Waals surface area contributed by atoms with Gasteiger partial charge in [-0.2, -0.15) is 5.10 Å². The molecule has 4 aromatic heterocycles. The standard InChI is InChI=1S/C32H24N8O2/c1-19(36-31(41)27-29(33)37-39-16-6-15-34-30(27)39)28-24-14-13-21-11-12-22(10-9-20-17-35-38(2)18-20)26(25(21)24)32(42)40(28)23-7-4-3-5-8-23/h3-8,11-19H,1-2H3,(H2,33,37)(H,36,41)/t19-/m0/s1. The number of nitrogens with one attached hydrogen (secondary N) is 1. The first kappa shape index (κ1) is 25.0. The van der Waals surface area contributed by atoms with Gasteiger partial charge in [-0.15, -0.1) is 5.10 Å². The van der Waals surface area contributed by atoms with Gasteiger partial charge in [-0.3, -0.25) is 18.8 Å². The van der Waals surface area contributed by atoms with Crippen LogP contribution in [0.5, 0.6) is 0 Å². The lowest BCUT2D eigenvalue weighted by Gasteiger charge is -2.23. The van der Waals surface area contributed by atoms with Crippen LogP contribution in [0.1, 0.15) is 51.3 Å². The average molecular weight is 553 g/mol. The van der Waals surface area contributed by atoms with Crippen molar-refractivity contribution in [2.24, 2.45) is 7.05 Å². The Labute approximate surface area is 239 Å². The van der Waals surface area contributed by atoms with E-state index in [1.807, 2.05) is 74.8 Å². The molecule has 204 valence electrons. The van der Waals surface area contributed by atoms with Gasteiger partial charge in [0, 0.05) is 47.8 Å². The number of benzene rings is 2. The van der Waals surface area contributed by atoms with E-state index in [-0.39, 0.29) is 16.9 Å². The summed E-state index contributed by atoms with van der Waals surface area (Å²) in [5, 5.41) is 12.8. The van der Waals surface area contributed by atoms with E-state index in [9.17, 15) is 9.59 Å². The predicted molar refractivity (Wildman–Crippen MR) is 161 cm³/mol. The molecule has 10 nitrogen and oxygen atoms in total. The molecule has 4 heterocycles. The van der Waals surface area contributed by atoms with Gasteiger partial charge in [0.25, 0.3) is 11.5 Å². The summed E-state index contributed by atoms with van der Waals surface area (Å²) in [5.41, 5.74) is 10.9. The number of aromatic nitrogens is 6. The number of nitrogens with zero attached hydrogens (tertiary/aromatic N) is 6. The van der Waals surface area contributed by atoms with Crippen LogP contribution in [0, 0.1) is 11.8 Å². The quantitative estimate of drug-likeness (QED) is 0.321. The maximum atomic E-state index is 14.5. The van der Waals surface area contributed by atoms with E-state index in [2.05, 4.69) is 32.3 Å². The van der Waals surface area contributed by atoms with Crippen molar-refractivity contribution in [1.29, 1.82) is 0 Å². The third-order valence-electron chi connectivity index (χ3n) is 7.34. The minimum absolute atomic E-state index is 0.0703. The number of para-hydroxylation sites is 1. The van der Waals surface area contributed by atoms with Crippen molar-refractivity contribution >= 4 is 40.3 Å². The average Bonchev–Trinajstić information content (AvgIpc) is 3.70. The molecule has 0 spiro atoms. The first-order valence-corrected chi connectivity index (χ1v) is 13.3. The highest BCUT2D eigenvalue weighted by Crippen LogP contribution is 2.37. The van der Waals surface area contributed by atoms with Crippen molar-refractivity contribution in [3.8, 4) is 17.5 Å². The van der Waals surface area contributed by atoms with E-state index < -0.39 is 11.9 Å². The topological polar surface area (TPSA) is 125 Å². The van der Waals surface area contributed by atoms with Gasteiger partial charge in [-0.1, -0.05) is 48.3 Å². The van der Waals surface area contributed by atoms with Gasteiger partial charge in [0.15, 0.2) is 11.5 Å². The highest BCUT2D eigenvalue weighted by atomic mass is 16.2. The van der Waals surface area contributed by atoms with E-state index in [1.165, 1.54) is 4.52 Å². The van der Waals surface area contributed by atoms with Crippen LogP contribution in [0.25, 0.3) is 34.3 Å². The fourth-order valence-electron chi connectivity index (χ4n) is 5.53. The molecule has 1 aliphatic rings. The van der Waals surface area contributed by atoms with Gasteiger partial charge in [0.2, 0.25) is 0 Å². The zero-order chi connectivity index (χ0) is 29.0. The van der Waals surface area contributed by atoms with Gasteiger partial charge >= 0.3 is 0 Å². The van der Waals surface area contributed by atoms with Crippen molar-refractivity contribution in [3.05, 3.63) is 117 Å². The Morgan fingerprint density at radius 3 is 2.67 bits per heavy atom. The Bertz CT molecular complexity index is 2210. The molecule has 3 N–H and O–H groups in total. The Kier molecular flexibility index (Phi) is 5.73. The maximum absolute atomic E-state index is 14.5. The van der Waals surface area contributed by atoms with E-state index in [0.717, 1.165) is 22.1 Å². The van der Waals surface area contributed by atoms with Crippen molar-refractivity contribution in [2.45, 2.75) is 13.0 Å². The number of anilines is 1. The predicted octanol–water partition coefficient (Wildman–Crippen LogP) is 3.72. The summed E-state index contributed by atoms with van der Waals surface area (Å²) in [5.74, 6) is 5.96. The number of carbonyl (C=O) groups excluding carboxylic acids is 1. The van der Waals surface area contributed by atoms with E-state index in [0.29, 0.717) is 28.0 Å². The molecule has 1 amide bonds. The summed E-state index contributed by atoms with van der Waals surface area (Å²) >= 11 is 0. The van der Waals surface area contributed by atoms with Gasteiger partial charge in [0.05, 0.1) is 28.9 Å². The molecule has 0 aliphatic heterocycles. The number of hydrogen-bond acceptors (Lipinski definition) is 6. The summed E-state index contributed by atoms with van der Waals surface area (Å²) in [4.78, 5) is 32.3. The zero-order valence-electron chi connectivity index (χ0n) is 22.7. The SMILES string of the molecule is C[C@H](NC(=O)c1c(N)nn2cccnc12)c1c2c3c(ccc(C#Cc4cnn(C)c4)c3c(=O)n1-c1ccccc1)C=C2. The third-order valence-corrected chi connectivity index (χ3v) is 7.34. The summed E-state index contributed by atoms with van der Waals surface area (Å²) in [7, 11) is 1.83. The van der Waals surface area contributed by atoms with Crippen molar-refractivity contribution in [1.82, 2.24) is 34.3 Å². The van der Waals surface area contributed by atoms with Crippen molar-refractivity contribution < 1.29 is 4.79 Å². The normalized spacial score (nSPS) is 12.4. The molecule has 0 radical (unpaired) electrons. The third kappa shape index (κ3) is 3.95. The summed E-state index contributed by atoms with van der Waals surface area (Å²) in [6, 6.07) is 14.3. The number of pyridine rings is 1. The number of aryl methyl sites for hydroxylation is 1. The van der Waals surface area contributed by atoms with Gasteiger partial charge in [-0.05, 0) is 36.8 Å². The first-order chi connectivity index (χ1) is 20.4. The van der Waals surface area contributed by atoms with Crippen LogP contribution in [-0.2, 0) is 7.05 Å². The smallest absolute Gasteiger partial charge is 0.264 e. The second kappa shape index (κ2) is 9.60. The molecule has 0 fully saturated rings. The molecule has 2 aromatic carbocycles. The van der Waals surface area contributed by atoms with Gasteiger partial charge in [-0.25, -0.2) is 9.50 Å². The second-order valence-corrected chi connectivity index (χ2v) is 10.1. The molecular weight excluding hydrogens is 528 g/mol. The van der Waals surface area contributed by atoms with Crippen LogP contribution in [0.15, 0.2) is 78.1 Å². The van der Waals surface area contributed by atoms with Gasteiger partial charge < -0.3 is 11.1 Å². The van der Waals surface area contributed by atoms with E-state index in [1.54, 1.807) is 33.9 Å². The number of nitrogen functional groups attached to an aromatic ring is 1. The van der Waals surface area contributed by atoms with Crippen molar-refractivity contribution in [2.75, 3.05) is 5.73 Å².